The molecule has 0 bridgehead atoms. The smallest absolute Gasteiger partial charge is 0.130 e. The van der Waals surface area contributed by atoms with Gasteiger partial charge in [-0.25, -0.2) is 4.39 Å². The van der Waals surface area contributed by atoms with Crippen molar-refractivity contribution in [2.24, 2.45) is 0 Å². The average Bonchev–Trinajstić information content (AvgIpc) is 3.01. The molecule has 0 saturated carbocycles. The standard InChI is InChI=1S/C29H37FOSi/c1-10-15-31-27-24(29(5,6)7)16-19(2)17-26(27)32(8,9)28-21(4)20(3)18-23(28)22-13-11-12-14-25(22)30/h10-14,16-18,28H,1,15H2,2-9H3. The highest BCUT2D eigenvalue weighted by Gasteiger charge is 2.43. The van der Waals surface area contributed by atoms with E-state index in [1.165, 1.54) is 27.5 Å². The Bertz CT molecular complexity index is 1100. The van der Waals surface area contributed by atoms with Gasteiger partial charge < -0.3 is 4.74 Å². The van der Waals surface area contributed by atoms with E-state index in [0.29, 0.717) is 12.2 Å². The predicted molar refractivity (Wildman–Crippen MR) is 139 cm³/mol. The minimum atomic E-state index is -2.21. The molecule has 1 aliphatic rings. The molecule has 0 saturated heterocycles. The van der Waals surface area contributed by atoms with Crippen molar-refractivity contribution >= 4 is 18.8 Å². The fourth-order valence-corrected chi connectivity index (χ4v) is 9.04. The summed E-state index contributed by atoms with van der Waals surface area (Å²) in [4.78, 5) is 0. The van der Waals surface area contributed by atoms with Crippen molar-refractivity contribution in [3.8, 4) is 5.75 Å². The first-order valence-corrected chi connectivity index (χ1v) is 14.5. The Kier molecular flexibility index (Phi) is 6.71. The summed E-state index contributed by atoms with van der Waals surface area (Å²) in [5.41, 5.74) is 6.99. The molecule has 0 aliphatic heterocycles. The molecule has 1 atom stereocenters. The molecule has 0 heterocycles. The van der Waals surface area contributed by atoms with Crippen molar-refractivity contribution in [2.75, 3.05) is 6.61 Å². The Morgan fingerprint density at radius 1 is 1.09 bits per heavy atom. The molecule has 0 N–H and O–H groups in total. The first-order chi connectivity index (χ1) is 14.9. The van der Waals surface area contributed by atoms with Crippen molar-refractivity contribution in [3.63, 3.8) is 0 Å². The van der Waals surface area contributed by atoms with E-state index in [1.54, 1.807) is 18.2 Å². The second-order valence-corrected chi connectivity index (χ2v) is 15.2. The second kappa shape index (κ2) is 8.86. The van der Waals surface area contributed by atoms with Crippen LogP contribution >= 0.6 is 0 Å². The first-order valence-electron chi connectivity index (χ1n) is 11.4. The summed E-state index contributed by atoms with van der Waals surface area (Å²) in [6, 6.07) is 11.7. The fourth-order valence-electron chi connectivity index (χ4n) is 5.01. The number of rotatable bonds is 6. The third-order valence-electron chi connectivity index (χ3n) is 6.73. The number of benzene rings is 2. The first kappa shape index (κ1) is 24.3. The van der Waals surface area contributed by atoms with Gasteiger partial charge in [-0.3, -0.25) is 0 Å². The Hall–Kier alpha value is -2.39. The van der Waals surface area contributed by atoms with Gasteiger partial charge in [-0.2, -0.15) is 0 Å². The number of aryl methyl sites for hydroxylation is 1. The molecular formula is C29H37FOSi. The van der Waals surface area contributed by atoms with Crippen LogP contribution in [-0.2, 0) is 5.41 Å². The molecule has 0 spiro atoms. The maximum atomic E-state index is 14.9. The lowest BCUT2D eigenvalue weighted by atomic mass is 9.85. The summed E-state index contributed by atoms with van der Waals surface area (Å²) < 4.78 is 21.3. The molecule has 0 aromatic heterocycles. The van der Waals surface area contributed by atoms with E-state index in [1.807, 2.05) is 12.1 Å². The number of allylic oxidation sites excluding steroid dienone is 4. The van der Waals surface area contributed by atoms with Crippen LogP contribution in [0.5, 0.6) is 5.75 Å². The van der Waals surface area contributed by atoms with E-state index >= 15 is 0 Å². The number of hydrogen-bond donors (Lipinski definition) is 0. The van der Waals surface area contributed by atoms with E-state index in [2.05, 4.69) is 79.4 Å². The van der Waals surface area contributed by atoms with Crippen molar-refractivity contribution in [2.45, 2.75) is 65.6 Å². The van der Waals surface area contributed by atoms with Gasteiger partial charge in [-0.15, -0.1) is 0 Å². The van der Waals surface area contributed by atoms with Crippen LogP contribution in [0.4, 0.5) is 4.39 Å². The zero-order valence-electron chi connectivity index (χ0n) is 20.9. The topological polar surface area (TPSA) is 9.23 Å². The van der Waals surface area contributed by atoms with E-state index < -0.39 is 8.07 Å². The Labute approximate surface area is 194 Å². The van der Waals surface area contributed by atoms with Crippen LogP contribution < -0.4 is 9.92 Å². The van der Waals surface area contributed by atoms with Gasteiger partial charge >= 0.3 is 0 Å². The number of ether oxygens (including phenoxy) is 1. The van der Waals surface area contributed by atoms with Gasteiger partial charge in [0.25, 0.3) is 0 Å². The molecule has 32 heavy (non-hydrogen) atoms. The highest BCUT2D eigenvalue weighted by atomic mass is 28.3. The molecule has 3 rings (SSSR count). The molecule has 0 fully saturated rings. The minimum Gasteiger partial charge on any atom is -0.489 e. The summed E-state index contributed by atoms with van der Waals surface area (Å²) in [5, 5.41) is 1.30. The molecule has 2 aromatic carbocycles. The summed E-state index contributed by atoms with van der Waals surface area (Å²) in [7, 11) is -2.21. The minimum absolute atomic E-state index is 0.0531. The van der Waals surface area contributed by atoms with Crippen LogP contribution in [0.2, 0.25) is 18.6 Å². The van der Waals surface area contributed by atoms with E-state index in [0.717, 1.165) is 11.3 Å². The van der Waals surface area contributed by atoms with Crippen molar-refractivity contribution < 1.29 is 9.13 Å². The molecule has 1 nitrogen and oxygen atoms in total. The molecule has 1 aliphatic carbocycles. The molecule has 170 valence electrons. The van der Waals surface area contributed by atoms with Gasteiger partial charge in [0.1, 0.15) is 18.2 Å². The molecule has 1 unspecified atom stereocenters. The van der Waals surface area contributed by atoms with Crippen LogP contribution in [0.25, 0.3) is 5.57 Å². The Morgan fingerprint density at radius 2 is 1.75 bits per heavy atom. The van der Waals surface area contributed by atoms with E-state index in [9.17, 15) is 4.39 Å². The molecular weight excluding hydrogens is 411 g/mol. The zero-order valence-corrected chi connectivity index (χ0v) is 21.9. The maximum Gasteiger partial charge on any atom is 0.130 e. The van der Waals surface area contributed by atoms with Crippen LogP contribution in [0, 0.1) is 12.7 Å². The normalized spacial score (nSPS) is 16.9. The number of hydrogen-bond acceptors (Lipinski definition) is 1. The van der Waals surface area contributed by atoms with Crippen LogP contribution in [-0.4, -0.2) is 14.7 Å². The quantitative estimate of drug-likeness (QED) is 0.325. The molecule has 0 amide bonds. The molecule has 3 heteroatoms. The van der Waals surface area contributed by atoms with E-state index in [4.69, 9.17) is 4.74 Å². The van der Waals surface area contributed by atoms with Crippen LogP contribution in [0.3, 0.4) is 0 Å². The van der Waals surface area contributed by atoms with Gasteiger partial charge in [-0.05, 0) is 48.6 Å². The Balaban J connectivity index is 2.26. The van der Waals surface area contributed by atoms with Crippen molar-refractivity contribution in [1.29, 1.82) is 0 Å². The predicted octanol–water partition coefficient (Wildman–Crippen LogP) is 7.72. The molecule has 2 aromatic rings. The zero-order chi connectivity index (χ0) is 23.8. The molecule has 0 radical (unpaired) electrons. The monoisotopic (exact) mass is 448 g/mol. The third-order valence-corrected chi connectivity index (χ3v) is 10.7. The lowest BCUT2D eigenvalue weighted by Crippen LogP contribution is -2.48. The van der Waals surface area contributed by atoms with Crippen LogP contribution in [0.1, 0.15) is 51.3 Å². The summed E-state index contributed by atoms with van der Waals surface area (Å²) in [5.74, 6) is 0.837. The largest absolute Gasteiger partial charge is 0.489 e. The van der Waals surface area contributed by atoms with Crippen LogP contribution in [0.15, 0.2) is 66.3 Å². The second-order valence-electron chi connectivity index (χ2n) is 10.6. The lowest BCUT2D eigenvalue weighted by molar-refractivity contribution is 0.353. The SMILES string of the molecule is C=CCOc1c(C(C)(C)C)cc(C)cc1[Si](C)(C)C1C(c2ccccc2F)=CC(C)=C1C. The van der Waals surface area contributed by atoms with Gasteiger partial charge in [0.05, 0.1) is 8.07 Å². The Morgan fingerprint density at radius 3 is 2.34 bits per heavy atom. The van der Waals surface area contributed by atoms with Gasteiger partial charge in [0.15, 0.2) is 0 Å². The van der Waals surface area contributed by atoms with Gasteiger partial charge in [-0.1, -0.05) is 99.6 Å². The fraction of sp³-hybridized carbons (Fsp3) is 0.379. The maximum absolute atomic E-state index is 14.9. The van der Waals surface area contributed by atoms with Gasteiger partial charge in [0.2, 0.25) is 0 Å². The van der Waals surface area contributed by atoms with Crippen molar-refractivity contribution in [1.82, 2.24) is 0 Å². The summed E-state index contributed by atoms with van der Waals surface area (Å²) >= 11 is 0. The van der Waals surface area contributed by atoms with E-state index in [-0.39, 0.29) is 16.8 Å². The highest BCUT2D eigenvalue weighted by molar-refractivity contribution is 6.93. The highest BCUT2D eigenvalue weighted by Crippen LogP contribution is 2.49. The summed E-state index contributed by atoms with van der Waals surface area (Å²) in [6.07, 6.45) is 4.00. The van der Waals surface area contributed by atoms with Gasteiger partial charge in [0, 0.05) is 11.1 Å². The lowest BCUT2D eigenvalue weighted by Gasteiger charge is -2.37. The third kappa shape index (κ3) is 4.41. The summed E-state index contributed by atoms with van der Waals surface area (Å²) in [6.45, 7) is 22.4. The number of halogens is 1. The van der Waals surface area contributed by atoms with Crippen molar-refractivity contribution in [3.05, 3.63) is 88.8 Å². The average molecular weight is 449 g/mol.